The number of nitrogens with two attached hydrogens (primary N) is 1. The van der Waals surface area contributed by atoms with Gasteiger partial charge in [-0.3, -0.25) is 4.99 Å². The Bertz CT molecular complexity index is 912. The van der Waals surface area contributed by atoms with E-state index in [-0.39, 0.29) is 0 Å². The Hall–Kier alpha value is -2.96. The second-order valence-electron chi connectivity index (χ2n) is 6.34. The third kappa shape index (κ3) is 2.52. The minimum Gasteiger partial charge on any atom is -0.383 e. The van der Waals surface area contributed by atoms with E-state index < -0.39 is 0 Å². The van der Waals surface area contributed by atoms with Crippen molar-refractivity contribution in [1.82, 2.24) is 15.0 Å². The summed E-state index contributed by atoms with van der Waals surface area (Å²) in [6, 6.07) is 4.40. The highest BCUT2D eigenvalue weighted by atomic mass is 15.5. The highest BCUT2D eigenvalue weighted by Gasteiger charge is 2.36. The first-order valence-corrected chi connectivity index (χ1v) is 8.48. The van der Waals surface area contributed by atoms with Crippen LogP contribution in [0, 0.1) is 0 Å². The Morgan fingerprint density at radius 2 is 2.20 bits per heavy atom. The standard InChI is InChI=1S/C18H21N7/c1-20-16(19)14-15(12-9-11-7-8-22-17(11)23-10-12)24-25(18(14)21-2)13-5-3-4-6-13/h7-10,13H,1,3-6,19H2,2H3,(H,22,23)/b16-14-,21-18+. The van der Waals surface area contributed by atoms with Crippen LogP contribution in [-0.4, -0.2) is 46.3 Å². The van der Waals surface area contributed by atoms with Crippen molar-refractivity contribution >= 4 is 29.3 Å². The molecule has 0 bridgehead atoms. The summed E-state index contributed by atoms with van der Waals surface area (Å²) in [5.74, 6) is 1.11. The monoisotopic (exact) mass is 335 g/mol. The molecule has 2 aromatic heterocycles. The molecular formula is C18H21N7. The van der Waals surface area contributed by atoms with Crippen molar-refractivity contribution in [1.29, 1.82) is 0 Å². The summed E-state index contributed by atoms with van der Waals surface area (Å²) in [5.41, 5.74) is 9.40. The van der Waals surface area contributed by atoms with Gasteiger partial charge in [0.2, 0.25) is 0 Å². The molecule has 0 aromatic carbocycles. The van der Waals surface area contributed by atoms with Crippen molar-refractivity contribution in [3.8, 4) is 0 Å². The molecule has 1 aliphatic carbocycles. The topological polar surface area (TPSA) is 95.0 Å². The van der Waals surface area contributed by atoms with Gasteiger partial charge in [-0.15, -0.1) is 0 Å². The summed E-state index contributed by atoms with van der Waals surface area (Å²) in [6.07, 6.45) is 8.33. The molecule has 2 aromatic rings. The first kappa shape index (κ1) is 15.6. The van der Waals surface area contributed by atoms with Crippen molar-refractivity contribution in [3.63, 3.8) is 0 Å². The average Bonchev–Trinajstić information content (AvgIpc) is 3.38. The maximum absolute atomic E-state index is 6.16. The molecule has 0 saturated heterocycles. The first-order valence-electron chi connectivity index (χ1n) is 8.48. The maximum atomic E-state index is 6.16. The molecule has 0 spiro atoms. The Labute approximate surface area is 146 Å². The summed E-state index contributed by atoms with van der Waals surface area (Å²) >= 11 is 0. The molecule has 7 heteroatoms. The molecule has 4 rings (SSSR count). The second kappa shape index (κ2) is 6.16. The van der Waals surface area contributed by atoms with Gasteiger partial charge in [-0.25, -0.2) is 15.0 Å². The Morgan fingerprint density at radius 3 is 2.92 bits per heavy atom. The van der Waals surface area contributed by atoms with Gasteiger partial charge < -0.3 is 10.7 Å². The van der Waals surface area contributed by atoms with E-state index in [0.717, 1.165) is 46.6 Å². The Morgan fingerprint density at radius 1 is 1.40 bits per heavy atom. The van der Waals surface area contributed by atoms with Crippen molar-refractivity contribution in [3.05, 3.63) is 41.5 Å². The summed E-state index contributed by atoms with van der Waals surface area (Å²) in [4.78, 5) is 16.0. The summed E-state index contributed by atoms with van der Waals surface area (Å²) in [6.45, 7) is 3.58. The number of hydrogen-bond donors (Lipinski definition) is 2. The van der Waals surface area contributed by atoms with E-state index in [1.807, 2.05) is 17.3 Å². The molecule has 0 radical (unpaired) electrons. The molecule has 0 unspecified atom stereocenters. The average molecular weight is 335 g/mol. The zero-order chi connectivity index (χ0) is 17.4. The largest absolute Gasteiger partial charge is 0.383 e. The number of nitrogens with one attached hydrogen (secondary N) is 1. The number of nitrogens with zero attached hydrogens (tertiary/aromatic N) is 5. The third-order valence-electron chi connectivity index (χ3n) is 4.87. The molecule has 25 heavy (non-hydrogen) atoms. The van der Waals surface area contributed by atoms with E-state index in [1.54, 1.807) is 13.2 Å². The van der Waals surface area contributed by atoms with Crippen LogP contribution in [0.3, 0.4) is 0 Å². The van der Waals surface area contributed by atoms with Gasteiger partial charge >= 0.3 is 0 Å². The minimum absolute atomic E-state index is 0.342. The van der Waals surface area contributed by atoms with Crippen LogP contribution in [-0.2, 0) is 0 Å². The van der Waals surface area contributed by atoms with Gasteiger partial charge in [-0.2, -0.15) is 5.10 Å². The fourth-order valence-corrected chi connectivity index (χ4v) is 3.63. The van der Waals surface area contributed by atoms with Gasteiger partial charge in [0, 0.05) is 30.4 Å². The Kier molecular flexibility index (Phi) is 3.83. The number of aromatic nitrogens is 2. The molecule has 1 aliphatic heterocycles. The molecule has 1 fully saturated rings. The highest BCUT2D eigenvalue weighted by molar-refractivity contribution is 6.33. The number of amidine groups is 1. The number of aliphatic imine (C=N–C) groups is 2. The van der Waals surface area contributed by atoms with Crippen LogP contribution in [0.15, 0.2) is 51.0 Å². The highest BCUT2D eigenvalue weighted by Crippen LogP contribution is 2.32. The van der Waals surface area contributed by atoms with Crippen LogP contribution in [0.25, 0.3) is 11.0 Å². The van der Waals surface area contributed by atoms with Gasteiger partial charge in [0.1, 0.15) is 17.2 Å². The first-order chi connectivity index (χ1) is 12.2. The number of fused-ring (bicyclic) bond motifs is 1. The molecule has 7 nitrogen and oxygen atoms in total. The summed E-state index contributed by atoms with van der Waals surface area (Å²) < 4.78 is 0. The van der Waals surface area contributed by atoms with Crippen LogP contribution >= 0.6 is 0 Å². The van der Waals surface area contributed by atoms with Gasteiger partial charge in [0.15, 0.2) is 5.84 Å². The van der Waals surface area contributed by atoms with Crippen LogP contribution in [0.2, 0.25) is 0 Å². The lowest BCUT2D eigenvalue weighted by Crippen LogP contribution is -2.32. The van der Waals surface area contributed by atoms with E-state index in [9.17, 15) is 0 Å². The van der Waals surface area contributed by atoms with Crippen molar-refractivity contribution in [2.75, 3.05) is 7.05 Å². The quantitative estimate of drug-likeness (QED) is 0.843. The predicted octanol–water partition coefficient (Wildman–Crippen LogP) is 2.42. The van der Waals surface area contributed by atoms with Gasteiger partial charge in [0.05, 0.1) is 11.6 Å². The molecular weight excluding hydrogens is 314 g/mol. The molecule has 2 aliphatic rings. The SMILES string of the molecule is C=N/C(N)=C1/C(c2cnc3[nH]ccc3c2)=NN(C2CCCC2)/C1=N/C. The van der Waals surface area contributed by atoms with Gasteiger partial charge in [-0.1, -0.05) is 12.8 Å². The normalized spacial score (nSPS) is 22.0. The zero-order valence-corrected chi connectivity index (χ0v) is 14.2. The number of rotatable bonds is 3. The fraction of sp³-hybridized carbons (Fsp3) is 0.333. The lowest BCUT2D eigenvalue weighted by Gasteiger charge is -2.22. The van der Waals surface area contributed by atoms with E-state index in [0.29, 0.717) is 11.9 Å². The molecule has 3 heterocycles. The number of pyridine rings is 1. The molecule has 3 N–H and O–H groups in total. The minimum atomic E-state index is 0.342. The lowest BCUT2D eigenvalue weighted by atomic mass is 10.0. The fourth-order valence-electron chi connectivity index (χ4n) is 3.63. The third-order valence-corrected chi connectivity index (χ3v) is 4.87. The van der Waals surface area contributed by atoms with E-state index in [4.69, 9.17) is 10.8 Å². The molecule has 128 valence electrons. The smallest absolute Gasteiger partial charge is 0.157 e. The van der Waals surface area contributed by atoms with Crippen LogP contribution in [0.1, 0.15) is 31.2 Å². The maximum Gasteiger partial charge on any atom is 0.157 e. The number of hydrogen-bond acceptors (Lipinski definition) is 5. The van der Waals surface area contributed by atoms with E-state index >= 15 is 0 Å². The van der Waals surface area contributed by atoms with E-state index in [1.165, 1.54) is 12.8 Å². The van der Waals surface area contributed by atoms with Gasteiger partial charge in [-0.05, 0) is 31.7 Å². The zero-order valence-electron chi connectivity index (χ0n) is 14.2. The molecule has 0 amide bonds. The van der Waals surface area contributed by atoms with Crippen LogP contribution in [0.5, 0.6) is 0 Å². The van der Waals surface area contributed by atoms with Crippen LogP contribution in [0.4, 0.5) is 0 Å². The van der Waals surface area contributed by atoms with Crippen molar-refractivity contribution in [2.24, 2.45) is 20.8 Å². The number of H-pyrrole nitrogens is 1. The molecule has 1 saturated carbocycles. The molecule has 0 atom stereocenters. The Balaban J connectivity index is 1.86. The van der Waals surface area contributed by atoms with Crippen molar-refractivity contribution < 1.29 is 0 Å². The second-order valence-corrected chi connectivity index (χ2v) is 6.34. The van der Waals surface area contributed by atoms with Crippen molar-refractivity contribution in [2.45, 2.75) is 31.7 Å². The van der Waals surface area contributed by atoms with Crippen LogP contribution < -0.4 is 5.73 Å². The summed E-state index contributed by atoms with van der Waals surface area (Å²) in [7, 11) is 1.76. The number of hydrazone groups is 1. The van der Waals surface area contributed by atoms with Gasteiger partial charge in [0.25, 0.3) is 0 Å². The summed E-state index contributed by atoms with van der Waals surface area (Å²) in [5, 5.41) is 7.92. The predicted molar refractivity (Wildman–Crippen MR) is 101 cm³/mol. The number of aromatic amines is 1. The lowest BCUT2D eigenvalue weighted by molar-refractivity contribution is 0.337. The van der Waals surface area contributed by atoms with E-state index in [2.05, 4.69) is 32.7 Å².